The number of aldehydes is 1. The van der Waals surface area contributed by atoms with E-state index >= 15 is 0 Å². The van der Waals surface area contributed by atoms with Gasteiger partial charge in [0.15, 0.2) is 0 Å². The minimum Gasteiger partial charge on any atom is -0.379 e. The Balaban J connectivity index is 1.56. The van der Waals surface area contributed by atoms with Crippen LogP contribution in [0.2, 0.25) is 0 Å². The molecule has 0 aliphatic carbocycles. The number of carbonyl (C=O) groups excluding carboxylic acids is 3. The molecule has 33 heavy (non-hydrogen) atoms. The smallest absolute Gasteiger partial charge is 0.236 e. The number of hydrogen-bond donors (Lipinski definition) is 2. The lowest BCUT2D eigenvalue weighted by Gasteiger charge is -2.35. The molecule has 1 saturated heterocycles. The quantitative estimate of drug-likeness (QED) is 0.226. The number of nitrogens with one attached hydrogen (secondary N) is 1. The molecule has 2 rings (SSSR count). The van der Waals surface area contributed by atoms with Crippen molar-refractivity contribution in [3.05, 3.63) is 18.0 Å². The van der Waals surface area contributed by atoms with Crippen molar-refractivity contribution < 1.29 is 23.9 Å². The molecule has 0 atom stereocenters. The van der Waals surface area contributed by atoms with Gasteiger partial charge in [0.05, 0.1) is 39.5 Å². The van der Waals surface area contributed by atoms with Crippen molar-refractivity contribution in [2.45, 2.75) is 13.0 Å². The van der Waals surface area contributed by atoms with Crippen LogP contribution in [0.5, 0.6) is 0 Å². The van der Waals surface area contributed by atoms with Gasteiger partial charge in [-0.2, -0.15) is 0 Å². The van der Waals surface area contributed by atoms with Gasteiger partial charge in [-0.25, -0.2) is 9.97 Å². The molecule has 1 fully saturated rings. The summed E-state index contributed by atoms with van der Waals surface area (Å²) in [6.45, 7) is 5.12. The Morgan fingerprint density at radius 1 is 1.09 bits per heavy atom. The molecule has 1 aliphatic rings. The van der Waals surface area contributed by atoms with Crippen LogP contribution in [0.15, 0.2) is 12.4 Å². The van der Waals surface area contributed by atoms with E-state index in [1.54, 1.807) is 29.2 Å². The first-order chi connectivity index (χ1) is 16.0. The first-order valence-electron chi connectivity index (χ1n) is 11.1. The lowest BCUT2D eigenvalue weighted by atomic mass is 10.3. The second-order valence-corrected chi connectivity index (χ2v) is 7.67. The maximum Gasteiger partial charge on any atom is 0.236 e. The highest BCUT2D eigenvalue weighted by atomic mass is 16.5. The van der Waals surface area contributed by atoms with E-state index in [-0.39, 0.29) is 24.9 Å². The number of anilines is 1. The number of amides is 2. The molecule has 1 aromatic rings. The molecule has 0 bridgehead atoms. The third-order valence-electron chi connectivity index (χ3n) is 4.98. The second kappa shape index (κ2) is 15.2. The zero-order valence-corrected chi connectivity index (χ0v) is 19.3. The van der Waals surface area contributed by atoms with E-state index in [0.717, 1.165) is 11.8 Å². The van der Waals surface area contributed by atoms with Gasteiger partial charge in [-0.1, -0.05) is 0 Å². The molecule has 3 N–H and O–H groups in total. The van der Waals surface area contributed by atoms with Crippen molar-refractivity contribution in [2.24, 2.45) is 5.73 Å². The number of ether oxygens (including phenoxy) is 2. The Morgan fingerprint density at radius 3 is 2.39 bits per heavy atom. The molecule has 12 heteroatoms. The predicted octanol–water partition coefficient (Wildman–Crippen LogP) is -1.75. The number of hydrogen-bond acceptors (Lipinski definition) is 10. The summed E-state index contributed by atoms with van der Waals surface area (Å²) in [5.41, 5.74) is 6.45. The first-order valence-corrected chi connectivity index (χ1v) is 11.1. The van der Waals surface area contributed by atoms with Crippen LogP contribution >= 0.6 is 0 Å². The molecule has 0 unspecified atom stereocenters. The molecule has 0 spiro atoms. The second-order valence-electron chi connectivity index (χ2n) is 7.67. The standard InChI is InChI=1S/C21H35N7O5/c1-26(16-19(30)23-3-10-33-12-11-32-9-2-8-29)17-20(31)27-4-6-28(7-5-27)21-24-14-18(13-22)15-25-21/h8,14-15H,2-7,9-13,16-17,22H2,1H3,(H,23,30). The third-order valence-corrected chi connectivity index (χ3v) is 4.98. The van der Waals surface area contributed by atoms with Gasteiger partial charge in [0, 0.05) is 63.6 Å². The third kappa shape index (κ3) is 10.2. The molecule has 0 radical (unpaired) electrons. The Bertz CT molecular complexity index is 726. The molecule has 0 aromatic carbocycles. The fourth-order valence-corrected chi connectivity index (χ4v) is 3.18. The molecule has 1 aliphatic heterocycles. The van der Waals surface area contributed by atoms with Crippen LogP contribution in [0.4, 0.5) is 5.95 Å². The van der Waals surface area contributed by atoms with Gasteiger partial charge in [-0.05, 0) is 7.05 Å². The molecular weight excluding hydrogens is 430 g/mol. The molecular formula is C21H35N7O5. The Kier molecular flexibility index (Phi) is 12.3. The van der Waals surface area contributed by atoms with Crippen LogP contribution in [0.3, 0.4) is 0 Å². The largest absolute Gasteiger partial charge is 0.379 e. The minimum atomic E-state index is -0.168. The highest BCUT2D eigenvalue weighted by Crippen LogP contribution is 2.11. The van der Waals surface area contributed by atoms with Crippen LogP contribution in [0.25, 0.3) is 0 Å². The van der Waals surface area contributed by atoms with Crippen molar-refractivity contribution in [1.29, 1.82) is 0 Å². The summed E-state index contributed by atoms with van der Waals surface area (Å²) in [6.07, 6.45) is 4.62. The summed E-state index contributed by atoms with van der Waals surface area (Å²) in [7, 11) is 1.74. The van der Waals surface area contributed by atoms with Gasteiger partial charge in [-0.15, -0.1) is 0 Å². The zero-order valence-electron chi connectivity index (χ0n) is 19.3. The SMILES string of the molecule is CN(CC(=O)NCCOCCOCCC=O)CC(=O)N1CCN(c2ncc(CN)cn2)CC1. The minimum absolute atomic E-state index is 0.0118. The Labute approximate surface area is 194 Å². The van der Waals surface area contributed by atoms with Gasteiger partial charge in [-0.3, -0.25) is 14.5 Å². The number of nitrogens with two attached hydrogens (primary N) is 1. The van der Waals surface area contributed by atoms with E-state index in [2.05, 4.69) is 15.3 Å². The maximum atomic E-state index is 12.6. The van der Waals surface area contributed by atoms with Crippen molar-refractivity contribution in [1.82, 2.24) is 25.1 Å². The molecule has 184 valence electrons. The summed E-state index contributed by atoms with van der Waals surface area (Å²) in [5.74, 6) is 0.462. The van der Waals surface area contributed by atoms with Crippen molar-refractivity contribution >= 4 is 24.0 Å². The normalized spacial score (nSPS) is 13.9. The van der Waals surface area contributed by atoms with Gasteiger partial charge in [0.2, 0.25) is 17.8 Å². The first kappa shape index (κ1) is 26.6. The number of rotatable bonds is 15. The maximum absolute atomic E-state index is 12.6. The molecule has 2 amide bonds. The van der Waals surface area contributed by atoms with Gasteiger partial charge < -0.3 is 35.1 Å². The number of piperazine rings is 1. The number of carbonyl (C=O) groups is 3. The topological polar surface area (TPSA) is 143 Å². The van der Waals surface area contributed by atoms with E-state index in [1.807, 2.05) is 4.90 Å². The Hall–Kier alpha value is -2.67. The summed E-state index contributed by atoms with van der Waals surface area (Å²) >= 11 is 0. The molecule has 1 aromatic heterocycles. The van der Waals surface area contributed by atoms with E-state index in [0.29, 0.717) is 78.1 Å². The highest BCUT2D eigenvalue weighted by molar-refractivity contribution is 5.81. The molecule has 2 heterocycles. The highest BCUT2D eigenvalue weighted by Gasteiger charge is 2.23. The zero-order chi connectivity index (χ0) is 23.9. The number of aromatic nitrogens is 2. The summed E-state index contributed by atoms with van der Waals surface area (Å²) < 4.78 is 10.5. The summed E-state index contributed by atoms with van der Waals surface area (Å²) in [6, 6.07) is 0. The van der Waals surface area contributed by atoms with E-state index < -0.39 is 0 Å². The van der Waals surface area contributed by atoms with Crippen molar-refractivity contribution in [3.63, 3.8) is 0 Å². The number of nitrogens with zero attached hydrogens (tertiary/aromatic N) is 5. The predicted molar refractivity (Wildman–Crippen MR) is 122 cm³/mol. The van der Waals surface area contributed by atoms with Gasteiger partial charge >= 0.3 is 0 Å². The Morgan fingerprint density at radius 2 is 1.76 bits per heavy atom. The van der Waals surface area contributed by atoms with Crippen LogP contribution in [0.1, 0.15) is 12.0 Å². The average Bonchev–Trinajstić information content (AvgIpc) is 2.83. The number of likely N-dealkylation sites (N-methyl/N-ethyl adjacent to an activating group) is 1. The van der Waals surface area contributed by atoms with Gasteiger partial charge in [0.25, 0.3) is 0 Å². The monoisotopic (exact) mass is 465 g/mol. The fourth-order valence-electron chi connectivity index (χ4n) is 3.18. The lowest BCUT2D eigenvalue weighted by Crippen LogP contribution is -2.52. The van der Waals surface area contributed by atoms with Crippen LogP contribution in [-0.2, 0) is 30.4 Å². The summed E-state index contributed by atoms with van der Waals surface area (Å²) in [5, 5.41) is 2.76. The van der Waals surface area contributed by atoms with Crippen LogP contribution < -0.4 is 16.0 Å². The van der Waals surface area contributed by atoms with Crippen LogP contribution in [-0.4, -0.2) is 117 Å². The fraction of sp³-hybridized carbons (Fsp3) is 0.667. The molecule has 0 saturated carbocycles. The van der Waals surface area contributed by atoms with Gasteiger partial charge in [0.1, 0.15) is 6.29 Å². The van der Waals surface area contributed by atoms with E-state index in [4.69, 9.17) is 15.2 Å². The van der Waals surface area contributed by atoms with E-state index in [9.17, 15) is 14.4 Å². The lowest BCUT2D eigenvalue weighted by molar-refractivity contribution is -0.133. The average molecular weight is 466 g/mol. The van der Waals surface area contributed by atoms with E-state index in [1.165, 1.54) is 0 Å². The van der Waals surface area contributed by atoms with Crippen LogP contribution in [0, 0.1) is 0 Å². The van der Waals surface area contributed by atoms with Crippen molar-refractivity contribution in [3.8, 4) is 0 Å². The van der Waals surface area contributed by atoms with Crippen molar-refractivity contribution in [2.75, 3.05) is 84.2 Å². The summed E-state index contributed by atoms with van der Waals surface area (Å²) in [4.78, 5) is 49.0. The molecule has 12 nitrogen and oxygen atoms in total.